The molecule has 1 rings (SSSR count). The van der Waals surface area contributed by atoms with Gasteiger partial charge in [0.2, 0.25) is 0 Å². The van der Waals surface area contributed by atoms with Crippen molar-refractivity contribution in [2.75, 3.05) is 0 Å². The standard InChI is InChI=1S/C14H17N3O7/c1-4-12(14(19)24-8(2)3)15-13(18)9-5-10(16(20)21)7-11(6-9)17(22)23/h5-8,12H,4H2,1-3H3,(H,15,18)/t12-/m1/s1. The molecule has 1 N–H and O–H groups in total. The van der Waals surface area contributed by atoms with Crippen LogP contribution in [0, 0.1) is 20.2 Å². The quantitative estimate of drug-likeness (QED) is 0.454. The number of amides is 1. The van der Waals surface area contributed by atoms with E-state index < -0.39 is 39.1 Å². The van der Waals surface area contributed by atoms with Crippen molar-refractivity contribution in [1.82, 2.24) is 5.32 Å². The smallest absolute Gasteiger partial charge is 0.328 e. The minimum Gasteiger partial charge on any atom is -0.461 e. The van der Waals surface area contributed by atoms with Gasteiger partial charge in [-0.05, 0) is 20.3 Å². The van der Waals surface area contributed by atoms with Crippen molar-refractivity contribution in [3.63, 3.8) is 0 Å². The lowest BCUT2D eigenvalue weighted by Gasteiger charge is -2.17. The van der Waals surface area contributed by atoms with Crippen LogP contribution < -0.4 is 5.32 Å². The largest absolute Gasteiger partial charge is 0.461 e. The summed E-state index contributed by atoms with van der Waals surface area (Å²) in [6.07, 6.45) is -0.142. The lowest BCUT2D eigenvalue weighted by atomic mass is 10.1. The van der Waals surface area contributed by atoms with Gasteiger partial charge in [-0.1, -0.05) is 6.92 Å². The molecule has 0 aliphatic carbocycles. The van der Waals surface area contributed by atoms with Crippen LogP contribution in [0.5, 0.6) is 0 Å². The molecule has 1 aromatic carbocycles. The van der Waals surface area contributed by atoms with Crippen molar-refractivity contribution in [2.24, 2.45) is 0 Å². The number of hydrogen-bond donors (Lipinski definition) is 1. The Morgan fingerprint density at radius 3 is 2.00 bits per heavy atom. The first-order chi connectivity index (χ1) is 11.1. The van der Waals surface area contributed by atoms with E-state index in [0.29, 0.717) is 0 Å². The zero-order chi connectivity index (χ0) is 18.4. The highest BCUT2D eigenvalue weighted by Gasteiger charge is 2.25. The van der Waals surface area contributed by atoms with Gasteiger partial charge >= 0.3 is 5.97 Å². The zero-order valence-electron chi connectivity index (χ0n) is 13.3. The Morgan fingerprint density at radius 2 is 1.62 bits per heavy atom. The van der Waals surface area contributed by atoms with Gasteiger partial charge in [0.25, 0.3) is 17.3 Å². The number of non-ortho nitro benzene ring substituents is 2. The van der Waals surface area contributed by atoms with E-state index in [-0.39, 0.29) is 18.1 Å². The Bertz CT molecular complexity index is 640. The third-order valence-electron chi connectivity index (χ3n) is 2.94. The molecule has 24 heavy (non-hydrogen) atoms. The number of nitro groups is 2. The number of carbonyl (C=O) groups excluding carboxylic acids is 2. The molecule has 0 unspecified atom stereocenters. The van der Waals surface area contributed by atoms with Crippen molar-refractivity contribution in [2.45, 2.75) is 39.3 Å². The number of nitrogens with one attached hydrogen (secondary N) is 1. The Kier molecular flexibility index (Phi) is 6.33. The molecule has 0 aliphatic heterocycles. The number of rotatable bonds is 7. The second-order valence-corrected chi connectivity index (χ2v) is 5.17. The molecule has 1 aromatic rings. The summed E-state index contributed by atoms with van der Waals surface area (Å²) >= 11 is 0. The Hall–Kier alpha value is -3.04. The maximum atomic E-state index is 12.2. The maximum Gasteiger partial charge on any atom is 0.328 e. The van der Waals surface area contributed by atoms with Crippen LogP contribution in [-0.4, -0.2) is 33.9 Å². The number of hydrogen-bond acceptors (Lipinski definition) is 7. The number of carbonyl (C=O) groups is 2. The molecule has 10 nitrogen and oxygen atoms in total. The molecule has 0 saturated heterocycles. The molecular weight excluding hydrogens is 322 g/mol. The summed E-state index contributed by atoms with van der Waals surface area (Å²) in [5.41, 5.74) is -1.47. The van der Waals surface area contributed by atoms with Crippen LogP contribution in [0.3, 0.4) is 0 Å². The predicted octanol–water partition coefficient (Wildman–Crippen LogP) is 1.96. The van der Waals surface area contributed by atoms with Gasteiger partial charge in [0.1, 0.15) is 6.04 Å². The van der Waals surface area contributed by atoms with Gasteiger partial charge in [-0.3, -0.25) is 25.0 Å². The van der Waals surface area contributed by atoms with E-state index in [2.05, 4.69) is 5.32 Å². The van der Waals surface area contributed by atoms with Crippen molar-refractivity contribution < 1.29 is 24.2 Å². The van der Waals surface area contributed by atoms with E-state index in [0.717, 1.165) is 18.2 Å². The maximum absolute atomic E-state index is 12.2. The van der Waals surface area contributed by atoms with E-state index in [1.54, 1.807) is 20.8 Å². The normalized spacial score (nSPS) is 11.7. The van der Waals surface area contributed by atoms with Crippen LogP contribution in [0.1, 0.15) is 37.6 Å². The van der Waals surface area contributed by atoms with Gasteiger partial charge in [0, 0.05) is 12.1 Å². The van der Waals surface area contributed by atoms with E-state index in [1.807, 2.05) is 0 Å². The number of benzene rings is 1. The molecule has 0 heterocycles. The average molecular weight is 339 g/mol. The minimum atomic E-state index is -0.960. The van der Waals surface area contributed by atoms with Gasteiger partial charge in [-0.15, -0.1) is 0 Å². The summed E-state index contributed by atoms with van der Waals surface area (Å²) in [6.45, 7) is 4.94. The molecule has 0 radical (unpaired) electrons. The molecule has 0 bridgehead atoms. The van der Waals surface area contributed by atoms with Gasteiger partial charge in [0.05, 0.1) is 27.6 Å². The Labute approximate surface area is 137 Å². The summed E-state index contributed by atoms with van der Waals surface area (Å²) in [6, 6.07) is 1.60. The second-order valence-electron chi connectivity index (χ2n) is 5.17. The zero-order valence-corrected chi connectivity index (χ0v) is 13.3. The van der Waals surface area contributed by atoms with Crippen molar-refractivity contribution >= 4 is 23.3 Å². The lowest BCUT2D eigenvalue weighted by molar-refractivity contribution is -0.394. The average Bonchev–Trinajstić information content (AvgIpc) is 2.50. The summed E-state index contributed by atoms with van der Waals surface area (Å²) in [4.78, 5) is 44.0. The topological polar surface area (TPSA) is 142 Å². The van der Waals surface area contributed by atoms with Crippen LogP contribution in [0.2, 0.25) is 0 Å². The molecule has 1 atom stereocenters. The molecule has 130 valence electrons. The number of ether oxygens (including phenoxy) is 1. The molecule has 10 heteroatoms. The van der Waals surface area contributed by atoms with Crippen LogP contribution in [-0.2, 0) is 9.53 Å². The van der Waals surface area contributed by atoms with Gasteiger partial charge in [-0.2, -0.15) is 0 Å². The highest BCUT2D eigenvalue weighted by molar-refractivity contribution is 5.97. The third kappa shape index (κ3) is 5.00. The first-order valence-corrected chi connectivity index (χ1v) is 7.11. The van der Waals surface area contributed by atoms with Crippen LogP contribution in [0.4, 0.5) is 11.4 Å². The summed E-state index contributed by atoms with van der Waals surface area (Å²) in [7, 11) is 0. The molecule has 0 saturated carbocycles. The highest BCUT2D eigenvalue weighted by Crippen LogP contribution is 2.22. The number of nitrogens with zero attached hydrogens (tertiary/aromatic N) is 2. The molecule has 0 fully saturated rings. The van der Waals surface area contributed by atoms with Crippen LogP contribution in [0.15, 0.2) is 18.2 Å². The minimum absolute atomic E-state index is 0.230. The monoisotopic (exact) mass is 339 g/mol. The van der Waals surface area contributed by atoms with E-state index >= 15 is 0 Å². The fraction of sp³-hybridized carbons (Fsp3) is 0.429. The number of nitro benzene ring substituents is 2. The summed E-state index contributed by atoms with van der Waals surface area (Å²) < 4.78 is 4.99. The van der Waals surface area contributed by atoms with E-state index in [9.17, 15) is 29.8 Å². The van der Waals surface area contributed by atoms with Crippen LogP contribution in [0.25, 0.3) is 0 Å². The summed E-state index contributed by atoms with van der Waals surface area (Å²) in [5, 5.41) is 24.0. The first kappa shape index (κ1) is 19.0. The molecule has 0 aromatic heterocycles. The summed E-state index contributed by atoms with van der Waals surface area (Å²) in [5.74, 6) is -1.49. The third-order valence-corrected chi connectivity index (χ3v) is 2.94. The Balaban J connectivity index is 3.07. The predicted molar refractivity (Wildman–Crippen MR) is 82.5 cm³/mol. The first-order valence-electron chi connectivity index (χ1n) is 7.11. The number of esters is 1. The fourth-order valence-corrected chi connectivity index (χ4v) is 1.82. The molecular formula is C14H17N3O7. The lowest BCUT2D eigenvalue weighted by Crippen LogP contribution is -2.42. The highest BCUT2D eigenvalue weighted by atomic mass is 16.6. The molecule has 0 aliphatic rings. The van der Waals surface area contributed by atoms with Crippen molar-refractivity contribution in [3.8, 4) is 0 Å². The fourth-order valence-electron chi connectivity index (χ4n) is 1.82. The van der Waals surface area contributed by atoms with Gasteiger partial charge < -0.3 is 10.1 Å². The van der Waals surface area contributed by atoms with Crippen molar-refractivity contribution in [1.29, 1.82) is 0 Å². The van der Waals surface area contributed by atoms with E-state index in [4.69, 9.17) is 4.74 Å². The second kappa shape index (κ2) is 7.99. The Morgan fingerprint density at radius 1 is 1.12 bits per heavy atom. The van der Waals surface area contributed by atoms with Gasteiger partial charge in [0.15, 0.2) is 0 Å². The van der Waals surface area contributed by atoms with Crippen LogP contribution >= 0.6 is 0 Å². The SMILES string of the molecule is CC[C@@H](NC(=O)c1cc([N+](=O)[O-])cc([N+](=O)[O-])c1)C(=O)OC(C)C. The van der Waals surface area contributed by atoms with Gasteiger partial charge in [-0.25, -0.2) is 4.79 Å². The van der Waals surface area contributed by atoms with E-state index in [1.165, 1.54) is 0 Å². The van der Waals surface area contributed by atoms with Crippen molar-refractivity contribution in [3.05, 3.63) is 44.0 Å². The molecule has 1 amide bonds. The molecule has 0 spiro atoms.